The van der Waals surface area contributed by atoms with Crippen LogP contribution in [-0.2, 0) is 9.53 Å². The minimum Gasteiger partial charge on any atom is -0.465 e. The summed E-state index contributed by atoms with van der Waals surface area (Å²) >= 11 is 0. The van der Waals surface area contributed by atoms with E-state index in [0.717, 1.165) is 16.7 Å². The number of benzene rings is 1. The van der Waals surface area contributed by atoms with E-state index in [1.54, 1.807) is 6.92 Å². The lowest BCUT2D eigenvalue weighted by molar-refractivity contribution is -0.147. The van der Waals surface area contributed by atoms with Crippen molar-refractivity contribution >= 4 is 12.0 Å². The van der Waals surface area contributed by atoms with Gasteiger partial charge in [0.1, 0.15) is 5.92 Å². The molecule has 21 heavy (non-hydrogen) atoms. The molecule has 1 aliphatic rings. The topological polar surface area (TPSA) is 67.4 Å². The highest BCUT2D eigenvalue weighted by molar-refractivity contribution is 5.85. The monoisotopic (exact) mass is 288 g/mol. The van der Waals surface area contributed by atoms with Crippen molar-refractivity contribution in [1.29, 1.82) is 0 Å². The summed E-state index contributed by atoms with van der Waals surface area (Å²) in [5, 5.41) is 5.35. The van der Waals surface area contributed by atoms with E-state index in [1.165, 1.54) is 0 Å². The van der Waals surface area contributed by atoms with E-state index >= 15 is 0 Å². The molecule has 0 aliphatic carbocycles. The molecule has 1 aliphatic heterocycles. The largest absolute Gasteiger partial charge is 0.465 e. The normalized spacial score (nSPS) is 21.5. The smallest absolute Gasteiger partial charge is 0.319 e. The molecule has 0 unspecified atom stereocenters. The highest BCUT2D eigenvalue weighted by atomic mass is 16.5. The van der Waals surface area contributed by atoms with Crippen LogP contribution in [0.1, 0.15) is 29.7 Å². The summed E-state index contributed by atoms with van der Waals surface area (Å²) in [6, 6.07) is 5.09. The van der Waals surface area contributed by atoms with Crippen LogP contribution in [-0.4, -0.2) is 18.6 Å². The van der Waals surface area contributed by atoms with Gasteiger partial charge >= 0.3 is 12.0 Å². The van der Waals surface area contributed by atoms with Gasteiger partial charge in [0.15, 0.2) is 0 Å². The molecule has 2 N–H and O–H groups in total. The summed E-state index contributed by atoms with van der Waals surface area (Å²) in [5.41, 5.74) is 3.41. The lowest BCUT2D eigenvalue weighted by Gasteiger charge is -2.34. The van der Waals surface area contributed by atoms with Crippen molar-refractivity contribution in [2.75, 3.05) is 6.61 Å². The number of carbonyl (C=O) groups is 2. The van der Waals surface area contributed by atoms with Crippen LogP contribution in [0.2, 0.25) is 0 Å². The Balaban J connectivity index is 2.42. The van der Waals surface area contributed by atoms with Crippen molar-refractivity contribution in [3.05, 3.63) is 47.2 Å². The molecule has 1 aromatic rings. The zero-order valence-electron chi connectivity index (χ0n) is 12.5. The molecule has 5 nitrogen and oxygen atoms in total. The molecule has 2 atom stereocenters. The van der Waals surface area contributed by atoms with E-state index < -0.39 is 12.0 Å². The minimum absolute atomic E-state index is 0.288. The Labute approximate surface area is 124 Å². The molecule has 1 heterocycles. The van der Waals surface area contributed by atoms with Gasteiger partial charge in [-0.3, -0.25) is 4.79 Å². The van der Waals surface area contributed by atoms with Crippen molar-refractivity contribution in [3.8, 4) is 0 Å². The van der Waals surface area contributed by atoms with Crippen LogP contribution in [0.4, 0.5) is 4.79 Å². The van der Waals surface area contributed by atoms with Crippen molar-refractivity contribution in [2.24, 2.45) is 5.92 Å². The maximum absolute atomic E-state index is 12.2. The molecular weight excluding hydrogens is 268 g/mol. The highest BCUT2D eigenvalue weighted by Crippen LogP contribution is 2.32. The van der Waals surface area contributed by atoms with Gasteiger partial charge in [-0.2, -0.15) is 0 Å². The maximum Gasteiger partial charge on any atom is 0.319 e. The summed E-state index contributed by atoms with van der Waals surface area (Å²) in [6.45, 7) is 9.80. The third kappa shape index (κ3) is 3.07. The average Bonchev–Trinajstić information content (AvgIpc) is 2.37. The van der Waals surface area contributed by atoms with E-state index in [-0.39, 0.29) is 18.6 Å². The molecule has 1 aromatic carbocycles. The molecule has 0 spiro atoms. The quantitative estimate of drug-likeness (QED) is 0.839. The first kappa shape index (κ1) is 15.1. The summed E-state index contributed by atoms with van der Waals surface area (Å²) in [5.74, 6) is -1.02. The number of aryl methyl sites for hydroxylation is 2. The summed E-state index contributed by atoms with van der Waals surface area (Å²) in [6.07, 6.45) is 0. The van der Waals surface area contributed by atoms with Crippen LogP contribution in [0, 0.1) is 19.8 Å². The van der Waals surface area contributed by atoms with E-state index in [9.17, 15) is 9.59 Å². The molecule has 5 heteroatoms. The molecular formula is C16H20N2O3. The summed E-state index contributed by atoms with van der Waals surface area (Å²) in [4.78, 5) is 23.9. The minimum atomic E-state index is -0.635. The SMILES string of the molecule is C=C1NC(=O)N[C@@H](c2ccc(C)cc2C)[C@@H]1C(=O)OCC. The van der Waals surface area contributed by atoms with Crippen LogP contribution < -0.4 is 10.6 Å². The van der Waals surface area contributed by atoms with Crippen LogP contribution in [0.5, 0.6) is 0 Å². The summed E-state index contributed by atoms with van der Waals surface area (Å²) in [7, 11) is 0. The van der Waals surface area contributed by atoms with Gasteiger partial charge < -0.3 is 15.4 Å². The predicted molar refractivity (Wildman–Crippen MR) is 79.6 cm³/mol. The number of nitrogens with one attached hydrogen (secondary N) is 2. The number of hydrogen-bond acceptors (Lipinski definition) is 3. The Hall–Kier alpha value is -2.30. The van der Waals surface area contributed by atoms with E-state index in [4.69, 9.17) is 4.74 Å². The molecule has 112 valence electrons. The molecule has 2 amide bonds. The second-order valence-electron chi connectivity index (χ2n) is 5.19. The molecule has 1 fully saturated rings. The molecule has 1 saturated heterocycles. The van der Waals surface area contributed by atoms with Gasteiger partial charge in [-0.15, -0.1) is 0 Å². The molecule has 0 radical (unpaired) electrons. The predicted octanol–water partition coefficient (Wildman–Crippen LogP) is 2.35. The second kappa shape index (κ2) is 5.99. The number of carbonyl (C=O) groups excluding carboxylic acids is 2. The number of rotatable bonds is 3. The van der Waals surface area contributed by atoms with Crippen molar-refractivity contribution in [1.82, 2.24) is 10.6 Å². The average molecular weight is 288 g/mol. The fraction of sp³-hybridized carbons (Fsp3) is 0.375. The molecule has 0 bridgehead atoms. The van der Waals surface area contributed by atoms with Crippen LogP contribution in [0.15, 0.2) is 30.5 Å². The number of esters is 1. The fourth-order valence-corrected chi connectivity index (χ4v) is 2.63. The van der Waals surface area contributed by atoms with E-state index in [0.29, 0.717) is 5.70 Å². The van der Waals surface area contributed by atoms with Gasteiger partial charge in [0, 0.05) is 5.70 Å². The number of amides is 2. The van der Waals surface area contributed by atoms with Gasteiger partial charge in [-0.1, -0.05) is 30.3 Å². The fourth-order valence-electron chi connectivity index (χ4n) is 2.63. The molecule has 0 aromatic heterocycles. The van der Waals surface area contributed by atoms with Gasteiger partial charge in [-0.25, -0.2) is 4.79 Å². The number of ether oxygens (including phenoxy) is 1. The Kier molecular flexibility index (Phi) is 4.31. The third-order valence-corrected chi connectivity index (χ3v) is 3.57. The van der Waals surface area contributed by atoms with Crippen molar-refractivity contribution in [3.63, 3.8) is 0 Å². The molecule has 0 saturated carbocycles. The lowest BCUT2D eigenvalue weighted by atomic mass is 9.86. The van der Waals surface area contributed by atoms with Crippen LogP contribution in [0.25, 0.3) is 0 Å². The third-order valence-electron chi connectivity index (χ3n) is 3.57. The van der Waals surface area contributed by atoms with Gasteiger partial charge in [-0.05, 0) is 31.9 Å². The summed E-state index contributed by atoms with van der Waals surface area (Å²) < 4.78 is 5.11. The Morgan fingerprint density at radius 2 is 2.10 bits per heavy atom. The first-order chi connectivity index (χ1) is 9.93. The highest BCUT2D eigenvalue weighted by Gasteiger charge is 2.39. The van der Waals surface area contributed by atoms with Crippen molar-refractivity contribution in [2.45, 2.75) is 26.8 Å². The second-order valence-corrected chi connectivity index (χ2v) is 5.19. The standard InChI is InChI=1S/C16H20N2O3/c1-5-21-15(19)13-11(4)17-16(20)18-14(13)12-7-6-9(2)8-10(12)3/h6-8,13-14H,4-5H2,1-3H3,(H2,17,18,20)/t13-,14+/m1/s1. The van der Waals surface area contributed by atoms with Crippen LogP contribution >= 0.6 is 0 Å². The first-order valence-corrected chi connectivity index (χ1v) is 6.94. The van der Waals surface area contributed by atoms with Crippen LogP contribution in [0.3, 0.4) is 0 Å². The van der Waals surface area contributed by atoms with E-state index in [2.05, 4.69) is 17.2 Å². The van der Waals surface area contributed by atoms with Gasteiger partial charge in [0.05, 0.1) is 12.6 Å². The molecule has 2 rings (SSSR count). The number of urea groups is 1. The Morgan fingerprint density at radius 3 is 2.71 bits per heavy atom. The first-order valence-electron chi connectivity index (χ1n) is 6.94. The zero-order chi connectivity index (χ0) is 15.6. The maximum atomic E-state index is 12.2. The Morgan fingerprint density at radius 1 is 1.38 bits per heavy atom. The lowest BCUT2D eigenvalue weighted by Crippen LogP contribution is -2.51. The number of hydrogen-bond donors (Lipinski definition) is 2. The van der Waals surface area contributed by atoms with Crippen molar-refractivity contribution < 1.29 is 14.3 Å². The zero-order valence-corrected chi connectivity index (χ0v) is 12.5. The van der Waals surface area contributed by atoms with Gasteiger partial charge in [0.25, 0.3) is 0 Å². The Bertz CT molecular complexity index is 595. The van der Waals surface area contributed by atoms with Gasteiger partial charge in [0.2, 0.25) is 0 Å². The van der Waals surface area contributed by atoms with E-state index in [1.807, 2.05) is 32.0 Å².